The van der Waals surface area contributed by atoms with Gasteiger partial charge >= 0.3 is 5.97 Å². The number of nitrogens with zero attached hydrogens (tertiary/aromatic N) is 3. The molecule has 6 nitrogen and oxygen atoms in total. The quantitative estimate of drug-likeness (QED) is 0.847. The Hall–Kier alpha value is -1.92. The van der Waals surface area contributed by atoms with Crippen molar-refractivity contribution in [3.8, 4) is 0 Å². The van der Waals surface area contributed by atoms with Gasteiger partial charge in [-0.2, -0.15) is 0 Å². The summed E-state index contributed by atoms with van der Waals surface area (Å²) >= 11 is 5.84. The Labute approximate surface area is 121 Å². The lowest BCUT2D eigenvalue weighted by Gasteiger charge is -2.06. The van der Waals surface area contributed by atoms with Gasteiger partial charge in [-0.1, -0.05) is 28.9 Å². The van der Waals surface area contributed by atoms with Gasteiger partial charge in [-0.25, -0.2) is 9.48 Å². The van der Waals surface area contributed by atoms with Crippen molar-refractivity contribution in [3.05, 3.63) is 46.2 Å². The van der Waals surface area contributed by atoms with Crippen LogP contribution in [0.2, 0.25) is 5.02 Å². The van der Waals surface area contributed by atoms with Crippen LogP contribution < -0.4 is 5.73 Å². The molecule has 1 aromatic heterocycles. The molecule has 1 heterocycles. The highest BCUT2D eigenvalue weighted by atomic mass is 35.5. The van der Waals surface area contributed by atoms with Crippen molar-refractivity contribution in [2.75, 3.05) is 6.61 Å². The summed E-state index contributed by atoms with van der Waals surface area (Å²) in [6.07, 6.45) is 0. The van der Waals surface area contributed by atoms with Crippen LogP contribution in [0.5, 0.6) is 0 Å². The van der Waals surface area contributed by atoms with Crippen molar-refractivity contribution in [1.82, 2.24) is 15.0 Å². The summed E-state index contributed by atoms with van der Waals surface area (Å²) in [5.74, 6) is -0.504. The summed E-state index contributed by atoms with van der Waals surface area (Å²) in [6.45, 7) is 2.65. The van der Waals surface area contributed by atoms with Gasteiger partial charge in [0.15, 0.2) is 5.69 Å². The zero-order chi connectivity index (χ0) is 14.5. The zero-order valence-electron chi connectivity index (χ0n) is 11.0. The first-order valence-electron chi connectivity index (χ1n) is 6.19. The summed E-state index contributed by atoms with van der Waals surface area (Å²) in [5.41, 5.74) is 7.39. The first kappa shape index (κ1) is 14.5. The van der Waals surface area contributed by atoms with E-state index in [1.54, 1.807) is 23.7 Å². The van der Waals surface area contributed by atoms with Gasteiger partial charge < -0.3 is 10.5 Å². The Morgan fingerprint density at radius 1 is 1.40 bits per heavy atom. The van der Waals surface area contributed by atoms with E-state index in [0.29, 0.717) is 17.3 Å². The standard InChI is InChI=1S/C13H15ClN4O2/c1-2-20-13(19)12-11(7-15)18(17-16-12)8-9-3-5-10(14)6-4-9/h3-6H,2,7-8,15H2,1H3. The fourth-order valence-corrected chi connectivity index (χ4v) is 1.91. The summed E-state index contributed by atoms with van der Waals surface area (Å²) in [7, 11) is 0. The highest BCUT2D eigenvalue weighted by Crippen LogP contribution is 2.13. The van der Waals surface area contributed by atoms with Gasteiger partial charge in [0, 0.05) is 11.6 Å². The molecule has 20 heavy (non-hydrogen) atoms. The third-order valence-corrected chi connectivity index (χ3v) is 3.00. The molecular formula is C13H15ClN4O2. The van der Waals surface area contributed by atoms with Gasteiger partial charge in [0.25, 0.3) is 0 Å². The van der Waals surface area contributed by atoms with Crippen LogP contribution in [0, 0.1) is 0 Å². The maximum absolute atomic E-state index is 11.7. The number of carbonyl (C=O) groups excluding carboxylic acids is 1. The molecule has 0 spiro atoms. The minimum atomic E-state index is -0.504. The first-order valence-corrected chi connectivity index (χ1v) is 6.57. The average molecular weight is 295 g/mol. The van der Waals surface area contributed by atoms with Crippen LogP contribution >= 0.6 is 11.6 Å². The van der Waals surface area contributed by atoms with Crippen LogP contribution in [0.4, 0.5) is 0 Å². The van der Waals surface area contributed by atoms with Gasteiger partial charge in [-0.15, -0.1) is 5.10 Å². The maximum atomic E-state index is 11.7. The number of nitrogens with two attached hydrogens (primary N) is 1. The van der Waals surface area contributed by atoms with Crippen molar-refractivity contribution >= 4 is 17.6 Å². The summed E-state index contributed by atoms with van der Waals surface area (Å²) in [4.78, 5) is 11.7. The minimum Gasteiger partial charge on any atom is -0.461 e. The SMILES string of the molecule is CCOC(=O)c1nnn(Cc2ccc(Cl)cc2)c1CN. The smallest absolute Gasteiger partial charge is 0.360 e. The van der Waals surface area contributed by atoms with Gasteiger partial charge in [0.1, 0.15) is 0 Å². The topological polar surface area (TPSA) is 83.0 Å². The highest BCUT2D eigenvalue weighted by Gasteiger charge is 2.19. The second-order valence-corrected chi connectivity index (χ2v) is 4.53. The lowest BCUT2D eigenvalue weighted by atomic mass is 10.2. The van der Waals surface area contributed by atoms with Crippen LogP contribution in [0.25, 0.3) is 0 Å². The third-order valence-electron chi connectivity index (χ3n) is 2.75. The number of benzene rings is 1. The minimum absolute atomic E-state index is 0.161. The molecule has 2 aromatic rings. The van der Waals surface area contributed by atoms with Crippen molar-refractivity contribution < 1.29 is 9.53 Å². The van der Waals surface area contributed by atoms with Crippen LogP contribution in [0.3, 0.4) is 0 Å². The van der Waals surface area contributed by atoms with E-state index in [4.69, 9.17) is 22.1 Å². The fraction of sp³-hybridized carbons (Fsp3) is 0.308. The molecule has 0 saturated heterocycles. The summed E-state index contributed by atoms with van der Waals surface area (Å²) in [5, 5.41) is 8.48. The van der Waals surface area contributed by atoms with Gasteiger partial charge in [0.05, 0.1) is 18.8 Å². The Kier molecular flexibility index (Phi) is 4.70. The lowest BCUT2D eigenvalue weighted by molar-refractivity contribution is 0.0518. The van der Waals surface area contributed by atoms with Gasteiger partial charge in [-0.05, 0) is 24.6 Å². The second kappa shape index (κ2) is 6.49. The maximum Gasteiger partial charge on any atom is 0.360 e. The molecule has 106 valence electrons. The lowest BCUT2D eigenvalue weighted by Crippen LogP contribution is -2.14. The van der Waals surface area contributed by atoms with Gasteiger partial charge in [0.2, 0.25) is 0 Å². The van der Waals surface area contributed by atoms with E-state index in [9.17, 15) is 4.79 Å². The molecule has 2 rings (SSSR count). The molecular weight excluding hydrogens is 280 g/mol. The van der Waals surface area contributed by atoms with E-state index in [0.717, 1.165) is 5.56 Å². The van der Waals surface area contributed by atoms with E-state index >= 15 is 0 Å². The molecule has 0 aliphatic heterocycles. The van der Waals surface area contributed by atoms with Crippen molar-refractivity contribution in [3.63, 3.8) is 0 Å². The van der Waals surface area contributed by atoms with Crippen molar-refractivity contribution in [2.45, 2.75) is 20.0 Å². The molecule has 0 aliphatic carbocycles. The van der Waals surface area contributed by atoms with E-state index in [1.165, 1.54) is 0 Å². The number of hydrogen-bond acceptors (Lipinski definition) is 5. The Morgan fingerprint density at radius 2 is 2.10 bits per heavy atom. The summed E-state index contributed by atoms with van der Waals surface area (Å²) < 4.78 is 6.51. The third kappa shape index (κ3) is 3.15. The predicted molar refractivity (Wildman–Crippen MR) is 74.4 cm³/mol. The number of ether oxygens (including phenoxy) is 1. The zero-order valence-corrected chi connectivity index (χ0v) is 11.8. The van der Waals surface area contributed by atoms with Crippen LogP contribution in [0.1, 0.15) is 28.7 Å². The van der Waals surface area contributed by atoms with E-state index in [2.05, 4.69) is 10.3 Å². The molecule has 0 amide bonds. The Morgan fingerprint density at radius 3 is 2.70 bits per heavy atom. The highest BCUT2D eigenvalue weighted by molar-refractivity contribution is 6.30. The van der Waals surface area contributed by atoms with Gasteiger partial charge in [-0.3, -0.25) is 0 Å². The number of aromatic nitrogens is 3. The molecule has 0 radical (unpaired) electrons. The van der Waals surface area contributed by atoms with Crippen molar-refractivity contribution in [2.24, 2.45) is 5.73 Å². The van der Waals surface area contributed by atoms with E-state index in [-0.39, 0.29) is 18.8 Å². The summed E-state index contributed by atoms with van der Waals surface area (Å²) in [6, 6.07) is 7.35. The number of rotatable bonds is 5. The molecule has 1 aromatic carbocycles. The number of esters is 1. The number of carbonyl (C=O) groups is 1. The first-order chi connectivity index (χ1) is 9.65. The number of hydrogen-bond donors (Lipinski definition) is 1. The largest absolute Gasteiger partial charge is 0.461 e. The monoisotopic (exact) mass is 294 g/mol. The van der Waals surface area contributed by atoms with Crippen molar-refractivity contribution in [1.29, 1.82) is 0 Å². The molecule has 0 bridgehead atoms. The molecule has 0 unspecified atom stereocenters. The average Bonchev–Trinajstić information content (AvgIpc) is 2.84. The molecule has 0 fully saturated rings. The normalized spacial score (nSPS) is 10.6. The molecule has 0 saturated carbocycles. The van der Waals surface area contributed by atoms with E-state index in [1.807, 2.05) is 12.1 Å². The molecule has 7 heteroatoms. The van der Waals surface area contributed by atoms with Crippen LogP contribution in [-0.4, -0.2) is 27.6 Å². The Bertz CT molecular complexity index is 595. The Balaban J connectivity index is 2.24. The fourth-order valence-electron chi connectivity index (χ4n) is 1.78. The molecule has 0 atom stereocenters. The molecule has 0 aliphatic rings. The van der Waals surface area contributed by atoms with Crippen LogP contribution in [0.15, 0.2) is 24.3 Å². The van der Waals surface area contributed by atoms with E-state index < -0.39 is 5.97 Å². The molecule has 2 N–H and O–H groups in total. The van der Waals surface area contributed by atoms with Crippen LogP contribution in [-0.2, 0) is 17.8 Å². The number of halogens is 1. The second-order valence-electron chi connectivity index (χ2n) is 4.09. The predicted octanol–water partition coefficient (Wildman–Crippen LogP) is 1.62.